The molecule has 0 bridgehead atoms. The van der Waals surface area contributed by atoms with Crippen LogP contribution in [-0.4, -0.2) is 18.5 Å². The Morgan fingerprint density at radius 2 is 1.88 bits per heavy atom. The standard InChI is InChI=1S/C16H17FN4OS.C2H6/c1-10-2-4-11(5-3-10)20-9-19-16(22)13-8-18-15-12(14(13)20)6-7-21(15)23-17;1-2/h6-11H,2-5H2,1H3;1-2H3. The van der Waals surface area contributed by atoms with Crippen molar-refractivity contribution in [2.75, 3.05) is 0 Å². The molecule has 3 aromatic rings. The van der Waals surface area contributed by atoms with Crippen molar-refractivity contribution in [3.63, 3.8) is 0 Å². The van der Waals surface area contributed by atoms with E-state index in [4.69, 9.17) is 0 Å². The number of hydrogen-bond acceptors (Lipinski definition) is 4. The Kier molecular flexibility index (Phi) is 5.42. The van der Waals surface area contributed by atoms with Crippen LogP contribution in [0.5, 0.6) is 0 Å². The van der Waals surface area contributed by atoms with E-state index in [1.54, 1.807) is 12.5 Å². The Labute approximate surface area is 150 Å². The van der Waals surface area contributed by atoms with Gasteiger partial charge in [0.15, 0.2) is 18.0 Å². The molecule has 7 heteroatoms. The Hall–Kier alpha value is -1.89. The predicted octanol–water partition coefficient (Wildman–Crippen LogP) is 4.90. The van der Waals surface area contributed by atoms with Crippen molar-refractivity contribution in [3.05, 3.63) is 35.1 Å². The summed E-state index contributed by atoms with van der Waals surface area (Å²) < 4.78 is 16.5. The quantitative estimate of drug-likeness (QED) is 0.650. The zero-order chi connectivity index (χ0) is 18.0. The molecule has 0 amide bonds. The van der Waals surface area contributed by atoms with E-state index < -0.39 is 0 Å². The van der Waals surface area contributed by atoms with E-state index >= 15 is 0 Å². The van der Waals surface area contributed by atoms with Crippen LogP contribution in [0.2, 0.25) is 0 Å². The topological polar surface area (TPSA) is 52.7 Å². The molecule has 0 N–H and O–H groups in total. The van der Waals surface area contributed by atoms with Gasteiger partial charge in [-0.15, -0.1) is 3.89 Å². The normalized spacial score (nSPS) is 20.5. The Morgan fingerprint density at radius 3 is 2.56 bits per heavy atom. The van der Waals surface area contributed by atoms with Gasteiger partial charge in [0, 0.05) is 23.8 Å². The SMILES string of the molecule is CC.CC1CCC(n2cnc(=O)c3cnc4c(ccn4SF)c32)CC1. The molecule has 25 heavy (non-hydrogen) atoms. The van der Waals surface area contributed by atoms with E-state index in [0.717, 1.165) is 29.7 Å². The van der Waals surface area contributed by atoms with Crippen LogP contribution in [0.25, 0.3) is 21.9 Å². The summed E-state index contributed by atoms with van der Waals surface area (Å²) in [7, 11) is 0. The van der Waals surface area contributed by atoms with Crippen LogP contribution in [-0.2, 0) is 0 Å². The number of fused-ring (bicyclic) bond motifs is 3. The van der Waals surface area contributed by atoms with E-state index in [1.807, 2.05) is 19.9 Å². The zero-order valence-corrected chi connectivity index (χ0v) is 15.6. The summed E-state index contributed by atoms with van der Waals surface area (Å²) in [5.41, 5.74) is 1.08. The van der Waals surface area contributed by atoms with Crippen LogP contribution in [0.3, 0.4) is 0 Å². The van der Waals surface area contributed by atoms with E-state index in [9.17, 15) is 8.68 Å². The van der Waals surface area contributed by atoms with Gasteiger partial charge in [-0.1, -0.05) is 20.8 Å². The lowest BCUT2D eigenvalue weighted by atomic mass is 9.87. The molecule has 0 unspecified atom stereocenters. The van der Waals surface area contributed by atoms with Gasteiger partial charge in [-0.25, -0.2) is 8.96 Å². The molecule has 1 fully saturated rings. The molecular formula is C18H23FN4OS. The summed E-state index contributed by atoms with van der Waals surface area (Å²) in [6.45, 7) is 6.28. The van der Waals surface area contributed by atoms with Crippen molar-refractivity contribution >= 4 is 34.3 Å². The molecule has 0 aromatic carbocycles. The highest BCUT2D eigenvalue weighted by Crippen LogP contribution is 2.35. The van der Waals surface area contributed by atoms with E-state index in [0.29, 0.717) is 17.1 Å². The van der Waals surface area contributed by atoms with E-state index in [1.165, 1.54) is 23.0 Å². The first kappa shape index (κ1) is 17.9. The van der Waals surface area contributed by atoms with Crippen molar-refractivity contribution in [1.29, 1.82) is 0 Å². The number of hydrogen-bond donors (Lipinski definition) is 0. The van der Waals surface area contributed by atoms with Gasteiger partial charge in [0.1, 0.15) is 0 Å². The molecule has 0 spiro atoms. The molecule has 4 rings (SSSR count). The lowest BCUT2D eigenvalue weighted by molar-refractivity contribution is 0.292. The molecular weight excluding hydrogens is 339 g/mol. The highest BCUT2D eigenvalue weighted by atomic mass is 32.2. The smallest absolute Gasteiger partial charge is 0.282 e. The average molecular weight is 362 g/mol. The summed E-state index contributed by atoms with van der Waals surface area (Å²) in [4.78, 5) is 20.4. The highest BCUT2D eigenvalue weighted by molar-refractivity contribution is 7.92. The summed E-state index contributed by atoms with van der Waals surface area (Å²) in [6.07, 6.45) is 9.29. The number of pyridine rings is 1. The molecule has 1 aliphatic rings. The minimum absolute atomic E-state index is 0.111. The van der Waals surface area contributed by atoms with Crippen LogP contribution >= 0.6 is 12.3 Å². The molecule has 3 heterocycles. The molecule has 0 aliphatic heterocycles. The molecule has 1 saturated carbocycles. The van der Waals surface area contributed by atoms with Gasteiger partial charge in [0.05, 0.1) is 17.2 Å². The second-order valence-corrected chi connectivity index (χ2v) is 6.87. The summed E-state index contributed by atoms with van der Waals surface area (Å²) in [6, 6.07) is 2.15. The first-order chi connectivity index (χ1) is 12.2. The van der Waals surface area contributed by atoms with Crippen LogP contribution in [0, 0.1) is 5.92 Å². The van der Waals surface area contributed by atoms with Crippen molar-refractivity contribution in [2.45, 2.75) is 52.5 Å². The minimum atomic E-state index is -0.282. The Bertz CT molecular complexity index is 928. The zero-order valence-electron chi connectivity index (χ0n) is 14.8. The predicted molar refractivity (Wildman–Crippen MR) is 101 cm³/mol. The lowest BCUT2D eigenvalue weighted by Gasteiger charge is -2.29. The maximum Gasteiger partial charge on any atom is 0.282 e. The number of halogens is 1. The second kappa shape index (κ2) is 7.56. The molecule has 0 radical (unpaired) electrons. The average Bonchev–Trinajstić information content (AvgIpc) is 3.08. The Morgan fingerprint density at radius 1 is 1.16 bits per heavy atom. The molecule has 0 saturated heterocycles. The first-order valence-electron chi connectivity index (χ1n) is 8.85. The lowest BCUT2D eigenvalue weighted by Crippen LogP contribution is -2.21. The number of nitrogens with zero attached hydrogens (tertiary/aromatic N) is 4. The monoisotopic (exact) mass is 362 g/mol. The summed E-state index contributed by atoms with van der Waals surface area (Å²) in [5, 5.41) is 1.30. The van der Waals surface area contributed by atoms with Crippen LogP contribution in [0.4, 0.5) is 3.89 Å². The first-order valence-corrected chi connectivity index (χ1v) is 9.52. The van der Waals surface area contributed by atoms with Gasteiger partial charge in [0.2, 0.25) is 0 Å². The van der Waals surface area contributed by atoms with Crippen molar-refractivity contribution in [3.8, 4) is 0 Å². The largest absolute Gasteiger partial charge is 0.328 e. The molecule has 0 atom stereocenters. The Balaban J connectivity index is 0.000000880. The summed E-state index contributed by atoms with van der Waals surface area (Å²) in [5.74, 6) is 0.746. The van der Waals surface area contributed by atoms with Gasteiger partial charge in [-0.3, -0.25) is 4.79 Å². The van der Waals surface area contributed by atoms with Crippen LogP contribution in [0.1, 0.15) is 52.5 Å². The fourth-order valence-electron chi connectivity index (χ4n) is 3.58. The van der Waals surface area contributed by atoms with Gasteiger partial charge in [-0.05, 0) is 37.7 Å². The van der Waals surface area contributed by atoms with E-state index in [2.05, 4.69) is 21.5 Å². The third-order valence-corrected chi connectivity index (χ3v) is 5.34. The fourth-order valence-corrected chi connectivity index (χ4v) is 3.90. The van der Waals surface area contributed by atoms with Crippen molar-refractivity contribution in [2.24, 2.45) is 5.92 Å². The minimum Gasteiger partial charge on any atom is -0.328 e. The number of aromatic nitrogens is 4. The summed E-state index contributed by atoms with van der Waals surface area (Å²) >= 11 is 0.111. The van der Waals surface area contributed by atoms with Crippen molar-refractivity contribution in [1.82, 2.24) is 18.5 Å². The van der Waals surface area contributed by atoms with E-state index in [-0.39, 0.29) is 17.9 Å². The van der Waals surface area contributed by atoms with Crippen molar-refractivity contribution < 1.29 is 3.89 Å². The van der Waals surface area contributed by atoms with Gasteiger partial charge < -0.3 is 4.57 Å². The number of rotatable bonds is 2. The third kappa shape index (κ3) is 3.17. The molecule has 5 nitrogen and oxygen atoms in total. The molecule has 1 aliphatic carbocycles. The third-order valence-electron chi connectivity index (χ3n) is 4.89. The second-order valence-electron chi connectivity index (χ2n) is 6.34. The maximum absolute atomic E-state index is 13.0. The molecule has 134 valence electrons. The highest BCUT2D eigenvalue weighted by Gasteiger charge is 2.22. The molecule has 3 aromatic heterocycles. The van der Waals surface area contributed by atoms with Gasteiger partial charge >= 0.3 is 0 Å². The van der Waals surface area contributed by atoms with Crippen LogP contribution < -0.4 is 5.56 Å². The van der Waals surface area contributed by atoms with Gasteiger partial charge in [0.25, 0.3) is 5.56 Å². The van der Waals surface area contributed by atoms with Gasteiger partial charge in [-0.2, -0.15) is 4.98 Å². The fraction of sp³-hybridized carbons (Fsp3) is 0.500. The maximum atomic E-state index is 13.0. The van der Waals surface area contributed by atoms with Crippen LogP contribution in [0.15, 0.2) is 29.6 Å².